The van der Waals surface area contributed by atoms with Crippen molar-refractivity contribution in [3.63, 3.8) is 0 Å². The summed E-state index contributed by atoms with van der Waals surface area (Å²) in [4.78, 5) is 4.59. The summed E-state index contributed by atoms with van der Waals surface area (Å²) in [6.07, 6.45) is 5.36. The van der Waals surface area contributed by atoms with Crippen molar-refractivity contribution >= 4 is 10.9 Å². The molecule has 0 spiro atoms. The predicted molar refractivity (Wildman–Crippen MR) is 85.5 cm³/mol. The number of benzene rings is 1. The number of para-hydroxylation sites is 1. The first-order valence-electron chi connectivity index (χ1n) is 7.80. The van der Waals surface area contributed by atoms with Gasteiger partial charge >= 0.3 is 0 Å². The van der Waals surface area contributed by atoms with E-state index in [0.29, 0.717) is 6.61 Å². The van der Waals surface area contributed by atoms with Gasteiger partial charge in [0.25, 0.3) is 0 Å². The minimum atomic E-state index is 0.124. The number of pyridine rings is 1. The van der Waals surface area contributed by atoms with Crippen molar-refractivity contribution in [1.29, 1.82) is 0 Å². The van der Waals surface area contributed by atoms with Gasteiger partial charge in [0.2, 0.25) is 0 Å². The maximum atomic E-state index is 6.22. The van der Waals surface area contributed by atoms with E-state index in [1.165, 1.54) is 16.5 Å². The monoisotopic (exact) mass is 293 g/mol. The highest BCUT2D eigenvalue weighted by Crippen LogP contribution is 2.32. The Morgan fingerprint density at radius 3 is 3.18 bits per heavy atom. The quantitative estimate of drug-likeness (QED) is 0.797. The second-order valence-electron chi connectivity index (χ2n) is 5.94. The predicted octanol–water partition coefficient (Wildman–Crippen LogP) is 3.86. The van der Waals surface area contributed by atoms with Crippen molar-refractivity contribution in [3.05, 3.63) is 59.0 Å². The van der Waals surface area contributed by atoms with Crippen molar-refractivity contribution in [2.75, 3.05) is 0 Å². The highest BCUT2D eigenvalue weighted by Gasteiger charge is 2.22. The molecule has 0 bridgehead atoms. The molecule has 0 aliphatic heterocycles. The van der Waals surface area contributed by atoms with Crippen LogP contribution in [0.2, 0.25) is 0 Å². The molecule has 112 valence electrons. The maximum absolute atomic E-state index is 6.22. The van der Waals surface area contributed by atoms with E-state index in [-0.39, 0.29) is 6.10 Å². The number of aryl methyl sites for hydroxylation is 2. The number of H-pyrrole nitrogens is 1. The molecular formula is C18H19N3O. The minimum Gasteiger partial charge on any atom is -0.367 e. The summed E-state index contributed by atoms with van der Waals surface area (Å²) in [5, 5.41) is 8.44. The molecule has 3 aromatic rings. The Bertz CT molecular complexity index is 809. The van der Waals surface area contributed by atoms with Gasteiger partial charge in [-0.25, -0.2) is 0 Å². The summed E-state index contributed by atoms with van der Waals surface area (Å²) >= 11 is 0. The lowest BCUT2D eigenvalue weighted by Crippen LogP contribution is -2.12. The van der Waals surface area contributed by atoms with Crippen molar-refractivity contribution in [1.82, 2.24) is 15.2 Å². The smallest absolute Gasteiger partial charge is 0.0996 e. The zero-order chi connectivity index (χ0) is 14.9. The van der Waals surface area contributed by atoms with Gasteiger partial charge in [0.1, 0.15) is 0 Å². The minimum absolute atomic E-state index is 0.124. The number of rotatable bonds is 3. The molecule has 1 N–H and O–H groups in total. The first-order chi connectivity index (χ1) is 10.8. The van der Waals surface area contributed by atoms with Gasteiger partial charge in [-0.15, -0.1) is 0 Å². The number of hydrogen-bond donors (Lipinski definition) is 1. The standard InChI is InChI=1S/C18H19N3O/c1-12-9-14(15-6-2-3-7-16(15)20-12)11-22-17-8-4-5-13-10-19-21-18(13)17/h2-3,6-7,9-10,17H,4-5,8,11H2,1H3,(H,19,21). The first kappa shape index (κ1) is 13.5. The molecule has 4 nitrogen and oxygen atoms in total. The normalized spacial score (nSPS) is 17.6. The van der Waals surface area contributed by atoms with Gasteiger partial charge in [-0.3, -0.25) is 10.1 Å². The summed E-state index contributed by atoms with van der Waals surface area (Å²) in [6, 6.07) is 10.4. The number of aromatic nitrogens is 3. The molecule has 0 saturated carbocycles. The van der Waals surface area contributed by atoms with Crippen LogP contribution < -0.4 is 0 Å². The third kappa shape index (κ3) is 2.40. The van der Waals surface area contributed by atoms with E-state index in [1.54, 1.807) is 0 Å². The molecular weight excluding hydrogens is 274 g/mol. The molecule has 1 aromatic carbocycles. The molecule has 2 heterocycles. The van der Waals surface area contributed by atoms with Crippen LogP contribution in [0.15, 0.2) is 36.5 Å². The number of nitrogens with zero attached hydrogens (tertiary/aromatic N) is 2. The van der Waals surface area contributed by atoms with Crippen LogP contribution in [0.1, 0.15) is 41.5 Å². The molecule has 1 unspecified atom stereocenters. The Labute approximate surface area is 129 Å². The van der Waals surface area contributed by atoms with E-state index in [9.17, 15) is 0 Å². The third-order valence-electron chi connectivity index (χ3n) is 4.36. The molecule has 2 aromatic heterocycles. The summed E-state index contributed by atoms with van der Waals surface area (Å²) in [5.74, 6) is 0. The fraction of sp³-hybridized carbons (Fsp3) is 0.333. The molecule has 4 heteroatoms. The van der Waals surface area contributed by atoms with Crippen LogP contribution >= 0.6 is 0 Å². The van der Waals surface area contributed by atoms with Crippen LogP contribution in [0.25, 0.3) is 10.9 Å². The van der Waals surface area contributed by atoms with Crippen LogP contribution in [0.3, 0.4) is 0 Å². The maximum Gasteiger partial charge on any atom is 0.0996 e. The zero-order valence-electron chi connectivity index (χ0n) is 12.7. The Balaban J connectivity index is 1.61. The summed E-state index contributed by atoms with van der Waals surface area (Å²) in [6.45, 7) is 2.64. The number of hydrogen-bond acceptors (Lipinski definition) is 3. The van der Waals surface area contributed by atoms with Crippen molar-refractivity contribution in [2.24, 2.45) is 0 Å². The third-order valence-corrected chi connectivity index (χ3v) is 4.36. The van der Waals surface area contributed by atoms with E-state index in [1.807, 2.05) is 19.2 Å². The average Bonchev–Trinajstić information content (AvgIpc) is 3.01. The van der Waals surface area contributed by atoms with E-state index in [0.717, 1.165) is 36.2 Å². The number of fused-ring (bicyclic) bond motifs is 2. The van der Waals surface area contributed by atoms with Gasteiger partial charge in [-0.2, -0.15) is 5.10 Å². The SMILES string of the molecule is Cc1cc(COC2CCCc3cn[nH]c32)c2ccccc2n1. The van der Waals surface area contributed by atoms with Crippen LogP contribution in [-0.4, -0.2) is 15.2 Å². The summed E-state index contributed by atoms with van der Waals surface area (Å²) in [7, 11) is 0. The van der Waals surface area contributed by atoms with E-state index >= 15 is 0 Å². The van der Waals surface area contributed by atoms with Crippen molar-refractivity contribution in [2.45, 2.75) is 38.9 Å². The molecule has 0 amide bonds. The molecule has 0 saturated heterocycles. The van der Waals surface area contributed by atoms with Gasteiger partial charge in [0.15, 0.2) is 0 Å². The number of ether oxygens (including phenoxy) is 1. The highest BCUT2D eigenvalue weighted by atomic mass is 16.5. The second kappa shape index (κ2) is 5.54. The fourth-order valence-corrected chi connectivity index (χ4v) is 3.29. The van der Waals surface area contributed by atoms with E-state index < -0.39 is 0 Å². The van der Waals surface area contributed by atoms with Crippen LogP contribution in [0.4, 0.5) is 0 Å². The molecule has 1 aliphatic carbocycles. The molecule has 4 rings (SSSR count). The van der Waals surface area contributed by atoms with Gasteiger partial charge in [-0.1, -0.05) is 18.2 Å². The van der Waals surface area contributed by atoms with E-state index in [2.05, 4.69) is 39.4 Å². The second-order valence-corrected chi connectivity index (χ2v) is 5.94. The lowest BCUT2D eigenvalue weighted by atomic mass is 9.96. The number of aromatic amines is 1. The van der Waals surface area contributed by atoms with E-state index in [4.69, 9.17) is 4.74 Å². The summed E-state index contributed by atoms with van der Waals surface area (Å²) in [5.41, 5.74) is 5.72. The topological polar surface area (TPSA) is 50.8 Å². The van der Waals surface area contributed by atoms with Gasteiger partial charge < -0.3 is 4.74 Å². The Kier molecular flexibility index (Phi) is 3.39. The lowest BCUT2D eigenvalue weighted by Gasteiger charge is -2.22. The number of nitrogens with one attached hydrogen (secondary N) is 1. The van der Waals surface area contributed by atoms with Crippen LogP contribution in [-0.2, 0) is 17.8 Å². The lowest BCUT2D eigenvalue weighted by molar-refractivity contribution is 0.0260. The van der Waals surface area contributed by atoms with Crippen molar-refractivity contribution < 1.29 is 4.74 Å². The Morgan fingerprint density at radius 2 is 2.23 bits per heavy atom. The van der Waals surface area contributed by atoms with Gasteiger partial charge in [-0.05, 0) is 49.4 Å². The molecule has 22 heavy (non-hydrogen) atoms. The molecule has 0 fully saturated rings. The van der Waals surface area contributed by atoms with Gasteiger partial charge in [0, 0.05) is 11.1 Å². The largest absolute Gasteiger partial charge is 0.367 e. The first-order valence-corrected chi connectivity index (χ1v) is 7.80. The van der Waals surface area contributed by atoms with Crippen LogP contribution in [0.5, 0.6) is 0 Å². The zero-order valence-corrected chi connectivity index (χ0v) is 12.7. The average molecular weight is 293 g/mol. The van der Waals surface area contributed by atoms with Crippen LogP contribution in [0, 0.1) is 6.92 Å². The molecule has 0 radical (unpaired) electrons. The highest BCUT2D eigenvalue weighted by molar-refractivity contribution is 5.82. The summed E-state index contributed by atoms with van der Waals surface area (Å²) < 4.78 is 6.22. The Morgan fingerprint density at radius 1 is 1.32 bits per heavy atom. The fourth-order valence-electron chi connectivity index (χ4n) is 3.29. The van der Waals surface area contributed by atoms with Crippen molar-refractivity contribution in [3.8, 4) is 0 Å². The molecule has 1 aliphatic rings. The van der Waals surface area contributed by atoms with Gasteiger partial charge in [0.05, 0.1) is 30.1 Å². The molecule has 1 atom stereocenters. The Hall–Kier alpha value is -2.20.